The molecule has 0 spiro atoms. The lowest BCUT2D eigenvalue weighted by Crippen LogP contribution is -2.24. The fourth-order valence-corrected chi connectivity index (χ4v) is 2.79. The van der Waals surface area contributed by atoms with E-state index in [4.69, 9.17) is 9.47 Å². The third-order valence-corrected chi connectivity index (χ3v) is 4.36. The predicted molar refractivity (Wildman–Crippen MR) is 111 cm³/mol. The van der Waals surface area contributed by atoms with Gasteiger partial charge in [-0.25, -0.2) is 0 Å². The Bertz CT molecular complexity index is 931. The molecule has 7 heteroatoms. The molecule has 1 aromatic heterocycles. The zero-order valence-electron chi connectivity index (χ0n) is 16.5. The lowest BCUT2D eigenvalue weighted by atomic mass is 10.1. The van der Waals surface area contributed by atoms with Crippen molar-refractivity contribution in [1.29, 1.82) is 0 Å². The summed E-state index contributed by atoms with van der Waals surface area (Å²) in [7, 11) is 3.16. The summed E-state index contributed by atoms with van der Waals surface area (Å²) < 4.78 is 10.5. The number of rotatable bonds is 9. The van der Waals surface area contributed by atoms with Gasteiger partial charge in [-0.1, -0.05) is 36.4 Å². The number of amides is 1. The second kappa shape index (κ2) is 10.1. The Morgan fingerprint density at radius 3 is 2.38 bits per heavy atom. The van der Waals surface area contributed by atoms with Crippen molar-refractivity contribution < 1.29 is 14.3 Å². The van der Waals surface area contributed by atoms with Gasteiger partial charge in [-0.05, 0) is 41.8 Å². The topological polar surface area (TPSA) is 85.4 Å². The molecule has 0 radical (unpaired) electrons. The van der Waals surface area contributed by atoms with E-state index in [1.165, 1.54) is 5.56 Å². The monoisotopic (exact) mass is 392 g/mol. The van der Waals surface area contributed by atoms with E-state index in [1.54, 1.807) is 32.4 Å². The molecule has 0 atom stereocenters. The van der Waals surface area contributed by atoms with Crippen molar-refractivity contribution in [2.75, 3.05) is 26.1 Å². The lowest BCUT2D eigenvalue weighted by molar-refractivity contribution is 0.0945. The minimum Gasteiger partial charge on any atom is -0.493 e. The zero-order valence-corrected chi connectivity index (χ0v) is 16.5. The summed E-state index contributed by atoms with van der Waals surface area (Å²) in [5, 5.41) is 14.1. The second-order valence-corrected chi connectivity index (χ2v) is 6.34. The number of nitrogens with zero attached hydrogens (tertiary/aromatic N) is 2. The maximum Gasteiger partial charge on any atom is 0.272 e. The number of nitrogens with one attached hydrogen (secondary N) is 2. The summed E-state index contributed by atoms with van der Waals surface area (Å²) in [5.74, 6) is 1.61. The number of carbonyl (C=O) groups excluding carboxylic acids is 1. The van der Waals surface area contributed by atoms with Gasteiger partial charge in [0.2, 0.25) is 0 Å². The highest BCUT2D eigenvalue weighted by Gasteiger charge is 2.10. The number of aromatic nitrogens is 2. The van der Waals surface area contributed by atoms with E-state index in [0.29, 0.717) is 23.9 Å². The van der Waals surface area contributed by atoms with Crippen molar-refractivity contribution >= 4 is 11.7 Å². The average molecular weight is 392 g/mol. The van der Waals surface area contributed by atoms with Crippen LogP contribution >= 0.6 is 0 Å². The second-order valence-electron chi connectivity index (χ2n) is 6.34. The third-order valence-electron chi connectivity index (χ3n) is 4.36. The molecule has 0 aliphatic heterocycles. The van der Waals surface area contributed by atoms with Crippen LogP contribution in [0.4, 0.5) is 5.82 Å². The van der Waals surface area contributed by atoms with Gasteiger partial charge in [-0.2, -0.15) is 0 Å². The van der Waals surface area contributed by atoms with Gasteiger partial charge in [-0.15, -0.1) is 10.2 Å². The molecule has 1 heterocycles. The van der Waals surface area contributed by atoms with Crippen LogP contribution in [-0.2, 0) is 13.0 Å². The summed E-state index contributed by atoms with van der Waals surface area (Å²) in [5.41, 5.74) is 2.40. The molecule has 1 amide bonds. The van der Waals surface area contributed by atoms with Gasteiger partial charge in [0.05, 0.1) is 14.2 Å². The third kappa shape index (κ3) is 5.68. The summed E-state index contributed by atoms with van der Waals surface area (Å²) in [6, 6.07) is 19.1. The van der Waals surface area contributed by atoms with Gasteiger partial charge in [-0.3, -0.25) is 4.79 Å². The van der Waals surface area contributed by atoms with E-state index < -0.39 is 0 Å². The average Bonchev–Trinajstić information content (AvgIpc) is 2.78. The molecule has 0 saturated heterocycles. The smallest absolute Gasteiger partial charge is 0.272 e. The fourth-order valence-electron chi connectivity index (χ4n) is 2.79. The van der Waals surface area contributed by atoms with Crippen LogP contribution < -0.4 is 20.1 Å². The van der Waals surface area contributed by atoms with Crippen molar-refractivity contribution in [2.24, 2.45) is 0 Å². The minimum atomic E-state index is -0.289. The molecule has 7 nitrogen and oxygen atoms in total. The van der Waals surface area contributed by atoms with Gasteiger partial charge in [0.25, 0.3) is 5.91 Å². The van der Waals surface area contributed by atoms with Crippen LogP contribution in [0.15, 0.2) is 60.7 Å². The molecule has 2 N–H and O–H groups in total. The van der Waals surface area contributed by atoms with Gasteiger partial charge >= 0.3 is 0 Å². The van der Waals surface area contributed by atoms with Crippen LogP contribution in [0.2, 0.25) is 0 Å². The molecule has 150 valence electrons. The Kier molecular flexibility index (Phi) is 7.00. The Labute approximate surface area is 170 Å². The molecular formula is C22H24N4O3. The standard InChI is InChI=1S/C22H24N4O3/c1-28-19-10-8-17(14-20(19)29-2)15-24-22(27)18-9-11-21(26-25-18)23-13-12-16-6-4-3-5-7-16/h3-11,14H,12-13,15H2,1-2H3,(H,23,26)(H,24,27). The van der Waals surface area contributed by atoms with Crippen LogP contribution in [0, 0.1) is 0 Å². The van der Waals surface area contributed by atoms with Crippen molar-refractivity contribution in [1.82, 2.24) is 15.5 Å². The number of hydrogen-bond acceptors (Lipinski definition) is 6. The van der Waals surface area contributed by atoms with Gasteiger partial charge < -0.3 is 20.1 Å². The normalized spacial score (nSPS) is 10.3. The first-order valence-electron chi connectivity index (χ1n) is 9.30. The summed E-state index contributed by atoms with van der Waals surface area (Å²) in [4.78, 5) is 12.3. The summed E-state index contributed by atoms with van der Waals surface area (Å²) in [6.45, 7) is 1.08. The predicted octanol–water partition coefficient (Wildman–Crippen LogP) is 3.08. The number of anilines is 1. The van der Waals surface area contributed by atoms with Crippen molar-refractivity contribution in [3.63, 3.8) is 0 Å². The molecule has 0 saturated carbocycles. The number of ether oxygens (including phenoxy) is 2. The number of benzene rings is 2. The Balaban J connectivity index is 1.50. The fraction of sp³-hybridized carbons (Fsp3) is 0.227. The summed E-state index contributed by atoms with van der Waals surface area (Å²) in [6.07, 6.45) is 0.885. The van der Waals surface area contributed by atoms with Crippen LogP contribution in [0.1, 0.15) is 21.6 Å². The molecule has 0 aliphatic rings. The van der Waals surface area contributed by atoms with E-state index in [9.17, 15) is 4.79 Å². The first-order valence-corrected chi connectivity index (χ1v) is 9.30. The highest BCUT2D eigenvalue weighted by Crippen LogP contribution is 2.27. The van der Waals surface area contributed by atoms with E-state index in [2.05, 4.69) is 33.0 Å². The Morgan fingerprint density at radius 1 is 0.897 bits per heavy atom. The zero-order chi connectivity index (χ0) is 20.5. The van der Waals surface area contributed by atoms with E-state index in [-0.39, 0.29) is 11.6 Å². The van der Waals surface area contributed by atoms with Gasteiger partial charge in [0.15, 0.2) is 17.2 Å². The van der Waals surface area contributed by atoms with E-state index in [1.807, 2.05) is 30.3 Å². The molecule has 3 rings (SSSR count). The molecule has 0 unspecified atom stereocenters. The van der Waals surface area contributed by atoms with Crippen LogP contribution in [0.3, 0.4) is 0 Å². The Hall–Kier alpha value is -3.61. The SMILES string of the molecule is COc1ccc(CNC(=O)c2ccc(NCCc3ccccc3)nn2)cc1OC. The van der Waals surface area contributed by atoms with Gasteiger partial charge in [0, 0.05) is 13.1 Å². The van der Waals surface area contributed by atoms with Crippen LogP contribution in [0.5, 0.6) is 11.5 Å². The molecule has 0 bridgehead atoms. The van der Waals surface area contributed by atoms with Crippen molar-refractivity contribution in [3.05, 3.63) is 77.5 Å². The van der Waals surface area contributed by atoms with Crippen molar-refractivity contribution in [2.45, 2.75) is 13.0 Å². The maximum absolute atomic E-state index is 12.3. The quantitative estimate of drug-likeness (QED) is 0.582. The Morgan fingerprint density at radius 2 is 1.69 bits per heavy atom. The lowest BCUT2D eigenvalue weighted by Gasteiger charge is -2.10. The van der Waals surface area contributed by atoms with E-state index >= 15 is 0 Å². The number of methoxy groups -OCH3 is 2. The molecule has 29 heavy (non-hydrogen) atoms. The molecule has 3 aromatic rings. The molecule has 0 aliphatic carbocycles. The van der Waals surface area contributed by atoms with Crippen LogP contribution in [-0.4, -0.2) is 36.9 Å². The maximum atomic E-state index is 12.3. The van der Waals surface area contributed by atoms with Crippen molar-refractivity contribution in [3.8, 4) is 11.5 Å². The number of carbonyl (C=O) groups is 1. The highest BCUT2D eigenvalue weighted by molar-refractivity contribution is 5.92. The highest BCUT2D eigenvalue weighted by atomic mass is 16.5. The van der Waals surface area contributed by atoms with E-state index in [0.717, 1.165) is 18.5 Å². The van der Waals surface area contributed by atoms with Crippen LogP contribution in [0.25, 0.3) is 0 Å². The first-order chi connectivity index (χ1) is 14.2. The van der Waals surface area contributed by atoms with Gasteiger partial charge in [0.1, 0.15) is 5.82 Å². The minimum absolute atomic E-state index is 0.263. The summed E-state index contributed by atoms with van der Waals surface area (Å²) >= 11 is 0. The first kappa shape index (κ1) is 20.1. The molecule has 0 fully saturated rings. The largest absolute Gasteiger partial charge is 0.493 e. The number of hydrogen-bond donors (Lipinski definition) is 2. The molecular weight excluding hydrogens is 368 g/mol. The molecule has 2 aromatic carbocycles.